The molecule has 0 saturated carbocycles. The quantitative estimate of drug-likeness (QED) is 0.491. The number of carbonyl (C=O) groups is 2. The molecule has 6 nitrogen and oxygen atoms in total. The van der Waals surface area contributed by atoms with Gasteiger partial charge >= 0.3 is 6.03 Å². The fourth-order valence-corrected chi connectivity index (χ4v) is 6.02. The Hall–Kier alpha value is -3.30. The number of thioether (sulfide) groups is 1. The Morgan fingerprint density at radius 1 is 1.14 bits per heavy atom. The highest BCUT2D eigenvalue weighted by Gasteiger charge is 2.59. The van der Waals surface area contributed by atoms with Crippen molar-refractivity contribution >= 4 is 46.7 Å². The second kappa shape index (κ2) is 9.05. The van der Waals surface area contributed by atoms with Gasteiger partial charge in [0, 0.05) is 34.1 Å². The monoisotopic (exact) mass is 515 g/mol. The van der Waals surface area contributed by atoms with Crippen LogP contribution in [0.3, 0.4) is 0 Å². The fourth-order valence-electron chi connectivity index (χ4n) is 4.44. The summed E-state index contributed by atoms with van der Waals surface area (Å²) < 4.78 is 34.3. The molecule has 1 N–H and O–H groups in total. The average molecular weight is 516 g/mol. The molecule has 0 radical (unpaired) electrons. The molecule has 35 heavy (non-hydrogen) atoms. The lowest BCUT2D eigenvalue weighted by atomic mass is 10.1. The minimum absolute atomic E-state index is 0.222. The molecule has 2 aliphatic heterocycles. The van der Waals surface area contributed by atoms with E-state index in [-0.39, 0.29) is 12.1 Å². The maximum Gasteiger partial charge on any atom is 0.323 e. The largest absolute Gasteiger partial charge is 0.497 e. The summed E-state index contributed by atoms with van der Waals surface area (Å²) in [5, 5.41) is 3.35. The van der Waals surface area contributed by atoms with Crippen LogP contribution in [0.5, 0.6) is 5.75 Å². The van der Waals surface area contributed by atoms with Crippen molar-refractivity contribution < 1.29 is 23.1 Å². The number of hydrogen-bond acceptors (Lipinski definition) is 4. The van der Waals surface area contributed by atoms with Crippen LogP contribution in [0.2, 0.25) is 5.02 Å². The molecule has 1 fully saturated rings. The number of methoxy groups -OCH3 is 1. The van der Waals surface area contributed by atoms with Crippen molar-refractivity contribution in [2.24, 2.45) is 0 Å². The third-order valence-electron chi connectivity index (χ3n) is 6.12. The van der Waals surface area contributed by atoms with E-state index in [1.165, 1.54) is 34.7 Å². The number of halogens is 3. The maximum atomic E-state index is 14.5. The molecule has 1 saturated heterocycles. The van der Waals surface area contributed by atoms with E-state index in [9.17, 15) is 18.4 Å². The number of benzene rings is 3. The van der Waals surface area contributed by atoms with Gasteiger partial charge in [0.25, 0.3) is 5.91 Å². The molecule has 2 heterocycles. The first-order valence-electron chi connectivity index (χ1n) is 10.8. The van der Waals surface area contributed by atoms with Crippen LogP contribution in [0.15, 0.2) is 60.7 Å². The summed E-state index contributed by atoms with van der Waals surface area (Å²) in [4.78, 5) is 28.8. The molecule has 1 atom stereocenters. The van der Waals surface area contributed by atoms with Gasteiger partial charge in [-0.15, -0.1) is 11.8 Å². The predicted octanol–water partition coefficient (Wildman–Crippen LogP) is 5.61. The number of urea groups is 1. The number of nitrogens with one attached hydrogen (secondary N) is 1. The summed E-state index contributed by atoms with van der Waals surface area (Å²) in [5.41, 5.74) is 1.30. The Kier molecular flexibility index (Phi) is 6.06. The van der Waals surface area contributed by atoms with Crippen molar-refractivity contribution in [3.05, 3.63) is 88.4 Å². The molecule has 0 aliphatic carbocycles. The molecular weight excluding hydrogens is 496 g/mol. The summed E-state index contributed by atoms with van der Waals surface area (Å²) in [6.07, 6.45) is 0. The number of rotatable bonds is 4. The van der Waals surface area contributed by atoms with Gasteiger partial charge in [0.2, 0.25) is 0 Å². The molecule has 3 amide bonds. The topological polar surface area (TPSA) is 61.9 Å². The van der Waals surface area contributed by atoms with E-state index in [1.54, 1.807) is 42.5 Å². The molecule has 0 bridgehead atoms. The number of amides is 3. The zero-order valence-electron chi connectivity index (χ0n) is 18.6. The minimum Gasteiger partial charge on any atom is -0.497 e. The molecule has 1 unspecified atom stereocenters. The van der Waals surface area contributed by atoms with Gasteiger partial charge in [0.15, 0.2) is 4.87 Å². The van der Waals surface area contributed by atoms with E-state index < -0.39 is 28.4 Å². The van der Waals surface area contributed by atoms with Crippen molar-refractivity contribution in [1.82, 2.24) is 4.90 Å². The van der Waals surface area contributed by atoms with Crippen LogP contribution in [0.25, 0.3) is 0 Å². The zero-order chi connectivity index (χ0) is 24.7. The summed E-state index contributed by atoms with van der Waals surface area (Å²) in [6, 6.07) is 14.8. The Bertz CT molecular complexity index is 1300. The van der Waals surface area contributed by atoms with Crippen LogP contribution in [-0.2, 0) is 16.2 Å². The lowest BCUT2D eigenvalue weighted by Crippen LogP contribution is -2.51. The SMILES string of the molecule is COc1ccc2c(c1)C1(SCCN1C(=O)Nc1ccc(Cl)cc1)C(=O)N2Cc1c(F)cccc1F. The highest BCUT2D eigenvalue weighted by molar-refractivity contribution is 8.01. The van der Waals surface area contributed by atoms with E-state index >= 15 is 0 Å². The standard InChI is InChI=1S/C25H20ClF2N3O3S/c1-34-17-9-10-22-19(13-17)25(23(32)30(22)14-18-20(27)3-2-4-21(18)28)31(11-12-35-25)24(33)29-16-7-5-15(26)6-8-16/h2-10,13H,11-12,14H2,1H3,(H,29,33). The number of nitrogens with zero attached hydrogens (tertiary/aromatic N) is 2. The van der Waals surface area contributed by atoms with Gasteiger partial charge in [-0.2, -0.15) is 0 Å². The summed E-state index contributed by atoms with van der Waals surface area (Å²) in [6.45, 7) is -0.0139. The number of ether oxygens (including phenoxy) is 1. The van der Waals surface area contributed by atoms with Crippen LogP contribution in [0, 0.1) is 11.6 Å². The second-order valence-electron chi connectivity index (χ2n) is 8.06. The van der Waals surface area contributed by atoms with Gasteiger partial charge in [0.1, 0.15) is 17.4 Å². The smallest absolute Gasteiger partial charge is 0.323 e. The Labute approximate surface area is 209 Å². The number of anilines is 2. The highest BCUT2D eigenvalue weighted by atomic mass is 35.5. The first kappa shape index (κ1) is 23.4. The molecule has 3 aromatic carbocycles. The van der Waals surface area contributed by atoms with Crippen LogP contribution in [0.1, 0.15) is 11.1 Å². The average Bonchev–Trinajstić information content (AvgIpc) is 3.39. The summed E-state index contributed by atoms with van der Waals surface area (Å²) >= 11 is 7.24. The van der Waals surface area contributed by atoms with Crippen LogP contribution in [-0.4, -0.2) is 36.2 Å². The highest BCUT2D eigenvalue weighted by Crippen LogP contribution is 2.55. The third kappa shape index (κ3) is 3.88. The van der Waals surface area contributed by atoms with Gasteiger partial charge < -0.3 is 15.0 Å². The van der Waals surface area contributed by atoms with Crippen molar-refractivity contribution in [3.63, 3.8) is 0 Å². The van der Waals surface area contributed by atoms with Gasteiger partial charge in [-0.25, -0.2) is 13.6 Å². The summed E-state index contributed by atoms with van der Waals surface area (Å²) in [5.74, 6) is -0.939. The van der Waals surface area contributed by atoms with E-state index in [2.05, 4.69) is 5.32 Å². The molecule has 10 heteroatoms. The molecule has 180 valence electrons. The molecule has 2 aliphatic rings. The normalized spacial score (nSPS) is 18.8. The maximum absolute atomic E-state index is 14.5. The molecule has 3 aromatic rings. The fraction of sp³-hybridized carbons (Fsp3) is 0.200. The zero-order valence-corrected chi connectivity index (χ0v) is 20.1. The number of fused-ring (bicyclic) bond motifs is 2. The van der Waals surface area contributed by atoms with Crippen LogP contribution in [0.4, 0.5) is 25.0 Å². The van der Waals surface area contributed by atoms with Gasteiger partial charge in [-0.05, 0) is 54.6 Å². The lowest BCUT2D eigenvalue weighted by Gasteiger charge is -2.33. The third-order valence-corrected chi connectivity index (χ3v) is 7.79. The molecule has 0 aromatic heterocycles. The Morgan fingerprint density at radius 3 is 2.54 bits per heavy atom. The van der Waals surface area contributed by atoms with E-state index in [4.69, 9.17) is 16.3 Å². The van der Waals surface area contributed by atoms with Crippen molar-refractivity contribution in [2.75, 3.05) is 29.6 Å². The second-order valence-corrected chi connectivity index (χ2v) is 9.78. The first-order valence-corrected chi connectivity index (χ1v) is 12.1. The predicted molar refractivity (Wildman–Crippen MR) is 132 cm³/mol. The minimum atomic E-state index is -1.40. The molecular formula is C25H20ClF2N3O3S. The summed E-state index contributed by atoms with van der Waals surface area (Å²) in [7, 11) is 1.50. The lowest BCUT2D eigenvalue weighted by molar-refractivity contribution is -0.123. The number of hydrogen-bond donors (Lipinski definition) is 1. The van der Waals surface area contributed by atoms with Gasteiger partial charge in [0.05, 0.1) is 19.3 Å². The van der Waals surface area contributed by atoms with E-state index in [0.29, 0.717) is 40.0 Å². The van der Waals surface area contributed by atoms with Crippen molar-refractivity contribution in [1.29, 1.82) is 0 Å². The molecule has 5 rings (SSSR count). The van der Waals surface area contributed by atoms with Crippen molar-refractivity contribution in [3.8, 4) is 5.75 Å². The molecule has 1 spiro atoms. The van der Waals surface area contributed by atoms with Gasteiger partial charge in [-0.3, -0.25) is 9.69 Å². The Morgan fingerprint density at radius 2 is 1.86 bits per heavy atom. The first-order chi connectivity index (χ1) is 16.8. The Balaban J connectivity index is 1.56. The van der Waals surface area contributed by atoms with E-state index in [1.807, 2.05) is 0 Å². The van der Waals surface area contributed by atoms with Crippen LogP contribution < -0.4 is 15.0 Å². The van der Waals surface area contributed by atoms with E-state index in [0.717, 1.165) is 12.1 Å². The van der Waals surface area contributed by atoms with Crippen LogP contribution >= 0.6 is 23.4 Å². The van der Waals surface area contributed by atoms with Gasteiger partial charge in [-0.1, -0.05) is 17.7 Å². The van der Waals surface area contributed by atoms with Crippen molar-refractivity contribution in [2.45, 2.75) is 11.4 Å². The number of carbonyl (C=O) groups excluding carboxylic acids is 2.